The molecule has 0 fully saturated rings. The second-order valence-corrected chi connectivity index (χ2v) is 5.21. The molecule has 0 spiro atoms. The predicted molar refractivity (Wildman–Crippen MR) is 76.1 cm³/mol. The van der Waals surface area contributed by atoms with Crippen LogP contribution in [0.1, 0.15) is 31.9 Å². The van der Waals surface area contributed by atoms with Crippen LogP contribution in [0.25, 0.3) is 0 Å². The van der Waals surface area contributed by atoms with Crippen molar-refractivity contribution in [3.05, 3.63) is 32.3 Å². The van der Waals surface area contributed by atoms with Crippen molar-refractivity contribution in [1.82, 2.24) is 0 Å². The van der Waals surface area contributed by atoms with Crippen LogP contribution in [-0.4, -0.2) is 10.0 Å². The number of non-ortho nitro benzene ring substituents is 1. The molecule has 18 heavy (non-hydrogen) atoms. The molecule has 1 atom stereocenters. The summed E-state index contributed by atoms with van der Waals surface area (Å²) in [6.07, 6.45) is 0.654. The summed E-state index contributed by atoms with van der Waals surface area (Å²) in [6.45, 7) is 4.01. The van der Waals surface area contributed by atoms with Crippen molar-refractivity contribution in [2.75, 3.05) is 0 Å². The molecule has 0 saturated carbocycles. The molecule has 0 saturated heterocycles. The van der Waals surface area contributed by atoms with Gasteiger partial charge in [0, 0.05) is 23.7 Å². The van der Waals surface area contributed by atoms with E-state index in [0.29, 0.717) is 22.4 Å². The molecule has 0 amide bonds. The van der Waals surface area contributed by atoms with Crippen LogP contribution < -0.4 is 5.73 Å². The van der Waals surface area contributed by atoms with Gasteiger partial charge < -0.3 is 10.8 Å². The summed E-state index contributed by atoms with van der Waals surface area (Å²) in [5.74, 6) is 0.325. The second-order valence-electron chi connectivity index (χ2n) is 4.36. The molecule has 3 N–H and O–H groups in total. The fourth-order valence-corrected chi connectivity index (χ4v) is 2.09. The van der Waals surface area contributed by atoms with Crippen LogP contribution in [0.15, 0.2) is 16.6 Å². The molecular weight excluding hydrogens is 323 g/mol. The van der Waals surface area contributed by atoms with Crippen LogP contribution in [0.2, 0.25) is 0 Å². The third kappa shape index (κ3) is 4.12. The van der Waals surface area contributed by atoms with E-state index in [4.69, 9.17) is 5.73 Å². The number of phenols is 1. The van der Waals surface area contributed by atoms with E-state index >= 15 is 0 Å². The summed E-state index contributed by atoms with van der Waals surface area (Å²) in [5.41, 5.74) is 6.25. The number of phenolic OH excluding ortho intramolecular Hbond substituents is 1. The molecule has 102 valence electrons. The van der Waals surface area contributed by atoms with Crippen LogP contribution in [-0.2, 0) is 0 Å². The smallest absolute Gasteiger partial charge is 0.271 e. The fourth-order valence-electron chi connectivity index (χ4n) is 1.63. The molecule has 0 aliphatic carbocycles. The molecule has 7 heteroatoms. The molecule has 0 heterocycles. The van der Waals surface area contributed by atoms with Crippen molar-refractivity contribution in [2.24, 2.45) is 11.7 Å². The third-order valence-corrected chi connectivity index (χ3v) is 3.02. The van der Waals surface area contributed by atoms with Gasteiger partial charge in [0.2, 0.25) is 0 Å². The van der Waals surface area contributed by atoms with Gasteiger partial charge in [-0.3, -0.25) is 10.1 Å². The standard InChI is InChI=1S/C11H15BrN2O3.ClH/c1-6(2)3-10(13)8-4-7(14(16)17)5-9(12)11(8)15;/h4-6,10,15H,3,13H2,1-2H3;1H/t10-;/m0./s1. The maximum absolute atomic E-state index is 10.7. The quantitative estimate of drug-likeness (QED) is 0.648. The van der Waals surface area contributed by atoms with E-state index in [0.717, 1.165) is 0 Å². The zero-order chi connectivity index (χ0) is 13.2. The van der Waals surface area contributed by atoms with Gasteiger partial charge >= 0.3 is 0 Å². The predicted octanol–water partition coefficient (Wildman–Crippen LogP) is 3.53. The van der Waals surface area contributed by atoms with Crippen LogP contribution in [0, 0.1) is 16.0 Å². The van der Waals surface area contributed by atoms with E-state index in [1.54, 1.807) is 0 Å². The summed E-state index contributed by atoms with van der Waals surface area (Å²) in [5, 5.41) is 20.6. The Bertz CT molecular complexity index is 441. The summed E-state index contributed by atoms with van der Waals surface area (Å²) in [6, 6.07) is 2.18. The lowest BCUT2D eigenvalue weighted by Crippen LogP contribution is -2.13. The highest BCUT2D eigenvalue weighted by molar-refractivity contribution is 9.10. The SMILES string of the molecule is CC(C)C[C@H](N)c1cc([N+](=O)[O-])cc(Br)c1O.Cl. The van der Waals surface area contributed by atoms with Gasteiger partial charge in [-0.1, -0.05) is 13.8 Å². The number of hydrogen-bond acceptors (Lipinski definition) is 4. The number of benzene rings is 1. The number of nitrogens with zero attached hydrogens (tertiary/aromatic N) is 1. The maximum atomic E-state index is 10.7. The van der Waals surface area contributed by atoms with Crippen molar-refractivity contribution in [2.45, 2.75) is 26.3 Å². The molecule has 1 aromatic carbocycles. The Morgan fingerprint density at radius 3 is 2.50 bits per heavy atom. The number of hydrogen-bond donors (Lipinski definition) is 2. The Morgan fingerprint density at radius 2 is 2.06 bits per heavy atom. The monoisotopic (exact) mass is 338 g/mol. The van der Waals surface area contributed by atoms with E-state index in [9.17, 15) is 15.2 Å². The summed E-state index contributed by atoms with van der Waals surface area (Å²) < 4.78 is 0.293. The van der Waals surface area contributed by atoms with Gasteiger partial charge in [0.15, 0.2) is 0 Å². The minimum atomic E-state index is -0.504. The molecule has 0 bridgehead atoms. The third-order valence-electron chi connectivity index (χ3n) is 2.41. The molecule has 1 aromatic rings. The minimum absolute atomic E-state index is 0. The number of aromatic hydroxyl groups is 1. The highest BCUT2D eigenvalue weighted by atomic mass is 79.9. The number of nitro groups is 1. The van der Waals surface area contributed by atoms with E-state index in [2.05, 4.69) is 15.9 Å². The van der Waals surface area contributed by atoms with Crippen LogP contribution in [0.5, 0.6) is 5.75 Å². The first-order valence-corrected chi connectivity index (χ1v) is 6.04. The largest absolute Gasteiger partial charge is 0.506 e. The van der Waals surface area contributed by atoms with Crippen LogP contribution in [0.4, 0.5) is 5.69 Å². The van der Waals surface area contributed by atoms with E-state index in [-0.39, 0.29) is 23.8 Å². The lowest BCUT2D eigenvalue weighted by atomic mass is 9.97. The Balaban J connectivity index is 0.00000289. The highest BCUT2D eigenvalue weighted by Gasteiger charge is 2.19. The molecular formula is C11H16BrClN2O3. The first-order chi connectivity index (χ1) is 7.82. The molecule has 0 radical (unpaired) electrons. The summed E-state index contributed by atoms with van der Waals surface area (Å²) in [4.78, 5) is 10.2. The highest BCUT2D eigenvalue weighted by Crippen LogP contribution is 2.36. The number of nitro benzene ring substituents is 1. The van der Waals surface area contributed by atoms with Crippen molar-refractivity contribution in [3.8, 4) is 5.75 Å². The van der Waals surface area contributed by atoms with Gasteiger partial charge in [-0.15, -0.1) is 12.4 Å². The molecule has 0 aromatic heterocycles. The molecule has 0 aliphatic heterocycles. The number of halogens is 2. The van der Waals surface area contributed by atoms with E-state index in [1.165, 1.54) is 12.1 Å². The Labute approximate surface area is 120 Å². The Hall–Kier alpha value is -0.850. The molecule has 5 nitrogen and oxygen atoms in total. The maximum Gasteiger partial charge on any atom is 0.271 e. The fraction of sp³-hybridized carbons (Fsp3) is 0.455. The zero-order valence-electron chi connectivity index (χ0n) is 10.1. The van der Waals surface area contributed by atoms with Gasteiger partial charge in [0.05, 0.1) is 9.40 Å². The zero-order valence-corrected chi connectivity index (χ0v) is 12.5. The molecule has 1 rings (SSSR count). The van der Waals surface area contributed by atoms with Crippen molar-refractivity contribution < 1.29 is 10.0 Å². The van der Waals surface area contributed by atoms with Crippen LogP contribution >= 0.6 is 28.3 Å². The Morgan fingerprint density at radius 1 is 1.50 bits per heavy atom. The second kappa shape index (κ2) is 6.92. The number of rotatable bonds is 4. The minimum Gasteiger partial charge on any atom is -0.506 e. The van der Waals surface area contributed by atoms with Crippen molar-refractivity contribution >= 4 is 34.0 Å². The first-order valence-electron chi connectivity index (χ1n) is 5.25. The molecule has 0 aliphatic rings. The lowest BCUT2D eigenvalue weighted by Gasteiger charge is -2.16. The van der Waals surface area contributed by atoms with Gasteiger partial charge in [-0.2, -0.15) is 0 Å². The summed E-state index contributed by atoms with van der Waals surface area (Å²) in [7, 11) is 0. The van der Waals surface area contributed by atoms with Crippen molar-refractivity contribution in [1.29, 1.82) is 0 Å². The van der Waals surface area contributed by atoms with Crippen molar-refractivity contribution in [3.63, 3.8) is 0 Å². The lowest BCUT2D eigenvalue weighted by molar-refractivity contribution is -0.385. The van der Waals surface area contributed by atoms with Crippen LogP contribution in [0.3, 0.4) is 0 Å². The molecule has 0 unspecified atom stereocenters. The topological polar surface area (TPSA) is 89.4 Å². The number of nitrogens with two attached hydrogens (primary N) is 1. The van der Waals surface area contributed by atoms with Gasteiger partial charge in [0.25, 0.3) is 5.69 Å². The van der Waals surface area contributed by atoms with Gasteiger partial charge in [0.1, 0.15) is 5.75 Å². The van der Waals surface area contributed by atoms with Gasteiger partial charge in [-0.25, -0.2) is 0 Å². The first kappa shape index (κ1) is 17.2. The van der Waals surface area contributed by atoms with E-state index in [1.807, 2.05) is 13.8 Å². The van der Waals surface area contributed by atoms with E-state index < -0.39 is 11.0 Å². The van der Waals surface area contributed by atoms with Gasteiger partial charge in [-0.05, 0) is 28.3 Å². The normalized spacial score (nSPS) is 12.1. The average Bonchev–Trinajstić information content (AvgIpc) is 2.20. The summed E-state index contributed by atoms with van der Waals surface area (Å²) >= 11 is 3.09. The average molecular weight is 340 g/mol. The Kier molecular flexibility index (Phi) is 6.59.